The maximum absolute atomic E-state index is 13.3. The van der Waals surface area contributed by atoms with Crippen LogP contribution < -0.4 is 16.9 Å². The third kappa shape index (κ3) is 11.6. The molecular weight excluding hydrogens is 607 g/mol. The molecule has 0 bridgehead atoms. The van der Waals surface area contributed by atoms with E-state index < -0.39 is 57.8 Å². The highest BCUT2D eigenvalue weighted by Gasteiger charge is 2.28. The number of H-pyrrole nitrogens is 1. The molecule has 0 aliphatic heterocycles. The Bertz CT molecular complexity index is 1500. The van der Waals surface area contributed by atoms with Crippen LogP contribution in [0.1, 0.15) is 136 Å². The Balaban J connectivity index is 2.12. The number of hydrogen-bond acceptors (Lipinski definition) is 8. The maximum Gasteiger partial charge on any atom is 0.438 e. The summed E-state index contributed by atoms with van der Waals surface area (Å²) in [7, 11) is -8.20. The number of imidazole rings is 1. The van der Waals surface area contributed by atoms with E-state index in [2.05, 4.69) is 18.8 Å². The first-order chi connectivity index (χ1) is 21.1. The molecule has 2 rings (SSSR count). The average Bonchev–Trinajstić information content (AvgIpc) is 3.27. The number of rotatable bonds is 25. The first kappa shape index (κ1) is 37.9. The number of nitrogens with one attached hydrogen (secondary N) is 1. The van der Waals surface area contributed by atoms with Gasteiger partial charge in [-0.25, -0.2) is 27.1 Å². The molecule has 1 N–H and O–H groups in total. The second kappa shape index (κ2) is 20.0. The zero-order valence-electron chi connectivity index (χ0n) is 26.9. The number of nitrogens with zero attached hydrogens (tertiary/aromatic N) is 3. The van der Waals surface area contributed by atoms with Gasteiger partial charge >= 0.3 is 19.2 Å². The lowest BCUT2D eigenvalue weighted by Gasteiger charge is -2.14. The molecule has 0 aliphatic carbocycles. The molecule has 0 amide bonds. The third-order valence-corrected chi connectivity index (χ3v) is 10.3. The van der Waals surface area contributed by atoms with Crippen molar-refractivity contribution in [3.05, 3.63) is 31.3 Å². The summed E-state index contributed by atoms with van der Waals surface area (Å²) in [6.45, 7) is 6.38. The van der Waals surface area contributed by atoms with Crippen molar-refractivity contribution in [3.63, 3.8) is 0 Å². The number of unbranched alkanes of at least 4 members (excludes halogenated alkanes) is 16. The first-order valence-electron chi connectivity index (χ1n) is 16.6. The van der Waals surface area contributed by atoms with Crippen molar-refractivity contribution in [2.75, 3.05) is 12.4 Å². The Kier molecular flexibility index (Phi) is 17.2. The van der Waals surface area contributed by atoms with Crippen LogP contribution in [0.2, 0.25) is 0 Å². The summed E-state index contributed by atoms with van der Waals surface area (Å²) in [6, 6.07) is 0. The highest BCUT2D eigenvalue weighted by Crippen LogP contribution is 2.15. The quantitative estimate of drug-likeness (QED) is 0.0969. The number of hydrogen-bond donors (Lipinski definition) is 1. The molecule has 0 fully saturated rings. The lowest BCUT2D eigenvalue weighted by Crippen LogP contribution is -2.41. The maximum atomic E-state index is 13.3. The standard InChI is InChI=1S/C30H53N4O8PS/c1-4-6-8-10-12-14-15-17-19-21-23-44(40,41)34-27-26(28(35)33(30(34)37)43(38)39)32(29(36)31-27)24-25(3)42-22-20-18-16-13-11-9-7-5-2/h25H,4-24H2,1-3H3,(H,31,36). The summed E-state index contributed by atoms with van der Waals surface area (Å²) in [5.41, 5.74) is -4.68. The lowest BCUT2D eigenvalue weighted by atomic mass is 10.1. The first-order valence-corrected chi connectivity index (χ1v) is 19.3. The number of aromatic nitrogens is 4. The fraction of sp³-hybridized carbons (Fsp3) is 0.833. The number of ether oxygens (including phenoxy) is 1. The van der Waals surface area contributed by atoms with Gasteiger partial charge in [0.25, 0.3) is 5.56 Å². The van der Waals surface area contributed by atoms with Gasteiger partial charge < -0.3 is 4.74 Å². The molecule has 252 valence electrons. The van der Waals surface area contributed by atoms with E-state index in [0.717, 1.165) is 49.5 Å². The van der Waals surface area contributed by atoms with Crippen molar-refractivity contribution < 1.29 is 22.3 Å². The van der Waals surface area contributed by atoms with Crippen LogP contribution >= 0.6 is 7.83 Å². The van der Waals surface area contributed by atoms with E-state index in [1.54, 1.807) is 6.92 Å². The predicted molar refractivity (Wildman–Crippen MR) is 174 cm³/mol. The summed E-state index contributed by atoms with van der Waals surface area (Å²) in [4.78, 5) is 41.4. The summed E-state index contributed by atoms with van der Waals surface area (Å²) < 4.78 is 57.4. The minimum Gasteiger partial charge on any atom is -0.377 e. The molecule has 1 atom stereocenters. The predicted octanol–water partition coefficient (Wildman–Crippen LogP) is 6.23. The molecule has 0 aliphatic rings. The van der Waals surface area contributed by atoms with E-state index in [1.807, 2.05) is 0 Å². The van der Waals surface area contributed by atoms with Crippen molar-refractivity contribution in [1.29, 1.82) is 0 Å². The monoisotopic (exact) mass is 660 g/mol. The molecule has 0 radical (unpaired) electrons. The fourth-order valence-electron chi connectivity index (χ4n) is 5.46. The van der Waals surface area contributed by atoms with Crippen LogP contribution in [0, 0.1) is 0 Å². The Morgan fingerprint density at radius 1 is 0.750 bits per heavy atom. The molecule has 0 saturated heterocycles. The summed E-state index contributed by atoms with van der Waals surface area (Å²) >= 11 is 0. The lowest BCUT2D eigenvalue weighted by molar-refractivity contribution is 0.0518. The third-order valence-electron chi connectivity index (χ3n) is 7.95. The highest BCUT2D eigenvalue weighted by atomic mass is 32.2. The average molecular weight is 661 g/mol. The molecule has 2 aromatic rings. The zero-order chi connectivity index (χ0) is 32.5. The Morgan fingerprint density at radius 2 is 1.23 bits per heavy atom. The van der Waals surface area contributed by atoms with Crippen LogP contribution in [0.15, 0.2) is 14.4 Å². The van der Waals surface area contributed by atoms with E-state index in [9.17, 15) is 31.9 Å². The Labute approximate surface area is 261 Å². The van der Waals surface area contributed by atoms with Gasteiger partial charge in [-0.1, -0.05) is 117 Å². The van der Waals surface area contributed by atoms with E-state index in [4.69, 9.17) is 4.74 Å². The van der Waals surface area contributed by atoms with Crippen LogP contribution in [-0.4, -0.2) is 44.7 Å². The molecular formula is C30H53N4O8PS. The van der Waals surface area contributed by atoms with Gasteiger partial charge in [-0.2, -0.15) is 3.97 Å². The van der Waals surface area contributed by atoms with Crippen molar-refractivity contribution in [2.45, 2.75) is 149 Å². The molecule has 14 heteroatoms. The molecule has 1 unspecified atom stereocenters. The molecule has 2 heterocycles. The number of fused-ring (bicyclic) bond motifs is 1. The summed E-state index contributed by atoms with van der Waals surface area (Å²) in [5.74, 6) is -0.433. The minimum atomic E-state index is -4.40. The highest BCUT2D eigenvalue weighted by molar-refractivity contribution is 7.90. The van der Waals surface area contributed by atoms with Crippen LogP contribution in [0.25, 0.3) is 11.2 Å². The topological polar surface area (TPSA) is 159 Å². The van der Waals surface area contributed by atoms with Gasteiger partial charge in [0.1, 0.15) is 0 Å². The van der Waals surface area contributed by atoms with Crippen LogP contribution in [-0.2, 0) is 30.4 Å². The molecule has 0 saturated carbocycles. The minimum absolute atomic E-state index is 0.121. The van der Waals surface area contributed by atoms with Crippen molar-refractivity contribution in [2.24, 2.45) is 0 Å². The van der Waals surface area contributed by atoms with E-state index >= 15 is 0 Å². The van der Waals surface area contributed by atoms with Crippen LogP contribution in [0.4, 0.5) is 0 Å². The van der Waals surface area contributed by atoms with Gasteiger partial charge in [0.2, 0.25) is 10.0 Å². The summed E-state index contributed by atoms with van der Waals surface area (Å²) in [5, 5.41) is 0. The van der Waals surface area contributed by atoms with E-state index in [-0.39, 0.29) is 21.3 Å². The van der Waals surface area contributed by atoms with Gasteiger partial charge in [-0.3, -0.25) is 14.3 Å². The van der Waals surface area contributed by atoms with Crippen molar-refractivity contribution in [3.8, 4) is 0 Å². The second-order valence-electron chi connectivity index (χ2n) is 11.8. The second-order valence-corrected chi connectivity index (χ2v) is 14.6. The van der Waals surface area contributed by atoms with Gasteiger partial charge in [-0.15, -0.1) is 4.34 Å². The normalized spacial score (nSPS) is 12.7. The molecule has 12 nitrogen and oxygen atoms in total. The van der Waals surface area contributed by atoms with Gasteiger partial charge in [0, 0.05) is 6.61 Å². The Hall–Kier alpha value is -2.24. The van der Waals surface area contributed by atoms with Crippen molar-refractivity contribution in [1.82, 2.24) is 17.9 Å². The smallest absolute Gasteiger partial charge is 0.377 e. The van der Waals surface area contributed by atoms with Crippen LogP contribution in [0.3, 0.4) is 0 Å². The van der Waals surface area contributed by atoms with Crippen LogP contribution in [0.5, 0.6) is 0 Å². The molecule has 2 aromatic heterocycles. The SMILES string of the molecule is CCCCCCCCCCCCS(=O)(=O)n1c(=O)n(P(=O)=O)c(=O)c2c1[nH]c(=O)n2CC(C)OCCCCCCCCCC. The molecule has 44 heavy (non-hydrogen) atoms. The largest absolute Gasteiger partial charge is 0.438 e. The molecule has 0 spiro atoms. The molecule has 0 aromatic carbocycles. The summed E-state index contributed by atoms with van der Waals surface area (Å²) in [6.07, 6.45) is 18.3. The number of aromatic amines is 1. The van der Waals surface area contributed by atoms with Crippen molar-refractivity contribution >= 4 is 29.0 Å². The van der Waals surface area contributed by atoms with E-state index in [1.165, 1.54) is 57.8 Å². The van der Waals surface area contributed by atoms with E-state index in [0.29, 0.717) is 13.0 Å². The van der Waals surface area contributed by atoms with Gasteiger partial charge in [0.05, 0.1) is 18.4 Å². The van der Waals surface area contributed by atoms with Gasteiger partial charge in [-0.05, 0) is 19.8 Å². The zero-order valence-corrected chi connectivity index (χ0v) is 28.6. The Morgan fingerprint density at radius 3 is 1.73 bits per heavy atom. The van der Waals surface area contributed by atoms with Gasteiger partial charge in [0.15, 0.2) is 11.2 Å². The fourth-order valence-corrected chi connectivity index (χ4v) is 7.47.